The molecule has 0 amide bonds. The number of nitrogens with one attached hydrogen (secondary N) is 1. The minimum Gasteiger partial charge on any atom is -0.359 e. The predicted molar refractivity (Wildman–Crippen MR) is 98.8 cm³/mol. The van der Waals surface area contributed by atoms with Crippen LogP contribution < -0.4 is 5.32 Å². The molecule has 4 rings (SSSR count). The zero-order valence-corrected chi connectivity index (χ0v) is 14.7. The van der Waals surface area contributed by atoms with Crippen LogP contribution in [0, 0.1) is 12.7 Å². The number of halogens is 2. The zero-order chi connectivity index (χ0) is 18.1. The Morgan fingerprint density at radius 3 is 2.65 bits per heavy atom. The van der Waals surface area contributed by atoms with Crippen molar-refractivity contribution in [1.29, 1.82) is 0 Å². The van der Waals surface area contributed by atoms with Gasteiger partial charge in [0.25, 0.3) is 5.78 Å². The van der Waals surface area contributed by atoms with E-state index in [1.165, 1.54) is 18.5 Å². The molecule has 0 aliphatic heterocycles. The van der Waals surface area contributed by atoms with Gasteiger partial charge in [-0.15, -0.1) is 0 Å². The molecule has 1 N–H and O–H groups in total. The lowest BCUT2D eigenvalue weighted by Crippen LogP contribution is -2.16. The molecular formula is C19H15ClFN5. The van der Waals surface area contributed by atoms with Crippen molar-refractivity contribution in [1.82, 2.24) is 19.6 Å². The molecule has 0 aliphatic rings. The molecule has 0 radical (unpaired) electrons. The smallest absolute Gasteiger partial charge is 0.254 e. The summed E-state index contributed by atoms with van der Waals surface area (Å²) in [5, 5.41) is 8.30. The Labute approximate surface area is 154 Å². The number of hydrogen-bond acceptors (Lipinski definition) is 4. The number of rotatable bonds is 4. The van der Waals surface area contributed by atoms with Crippen LogP contribution in [0.1, 0.15) is 22.9 Å². The summed E-state index contributed by atoms with van der Waals surface area (Å²) < 4.78 is 15.0. The summed E-state index contributed by atoms with van der Waals surface area (Å²) in [6.07, 6.45) is 1.45. The highest BCUT2D eigenvalue weighted by atomic mass is 35.5. The third-order valence-electron chi connectivity index (χ3n) is 4.09. The van der Waals surface area contributed by atoms with Crippen LogP contribution >= 0.6 is 11.6 Å². The Hall–Kier alpha value is -2.99. The van der Waals surface area contributed by atoms with Crippen LogP contribution in [0.3, 0.4) is 0 Å². The van der Waals surface area contributed by atoms with Crippen molar-refractivity contribution in [2.24, 2.45) is 0 Å². The lowest BCUT2D eigenvalue weighted by Gasteiger charge is -2.22. The maximum absolute atomic E-state index is 13.4. The fourth-order valence-corrected chi connectivity index (χ4v) is 3.13. The van der Waals surface area contributed by atoms with Gasteiger partial charge in [0.05, 0.1) is 6.04 Å². The van der Waals surface area contributed by atoms with Gasteiger partial charge in [-0.1, -0.05) is 41.9 Å². The predicted octanol–water partition coefficient (Wildman–Crippen LogP) is 4.43. The van der Waals surface area contributed by atoms with Crippen molar-refractivity contribution in [2.75, 3.05) is 5.32 Å². The molecule has 0 spiro atoms. The van der Waals surface area contributed by atoms with Crippen LogP contribution in [-0.2, 0) is 0 Å². The van der Waals surface area contributed by atoms with Crippen molar-refractivity contribution in [2.45, 2.75) is 13.0 Å². The summed E-state index contributed by atoms with van der Waals surface area (Å²) in [5.41, 5.74) is 2.57. The molecule has 0 fully saturated rings. The van der Waals surface area contributed by atoms with Gasteiger partial charge in [0.15, 0.2) is 0 Å². The van der Waals surface area contributed by atoms with E-state index in [1.807, 2.05) is 37.3 Å². The summed E-state index contributed by atoms with van der Waals surface area (Å²) >= 11 is 6.43. The second kappa shape index (κ2) is 6.72. The van der Waals surface area contributed by atoms with Crippen LogP contribution in [0.2, 0.25) is 5.02 Å². The average molecular weight is 368 g/mol. The van der Waals surface area contributed by atoms with Crippen LogP contribution in [0.25, 0.3) is 5.78 Å². The maximum Gasteiger partial charge on any atom is 0.254 e. The van der Waals surface area contributed by atoms with Crippen LogP contribution in [0.4, 0.5) is 10.2 Å². The Morgan fingerprint density at radius 2 is 1.88 bits per heavy atom. The molecule has 4 aromatic rings. The Balaban J connectivity index is 1.84. The highest BCUT2D eigenvalue weighted by Crippen LogP contribution is 2.31. The van der Waals surface area contributed by atoms with Crippen molar-refractivity contribution < 1.29 is 4.39 Å². The summed E-state index contributed by atoms with van der Waals surface area (Å²) in [4.78, 5) is 8.50. The summed E-state index contributed by atoms with van der Waals surface area (Å²) in [6, 6.07) is 15.5. The molecule has 1 unspecified atom stereocenters. The monoisotopic (exact) mass is 367 g/mol. The Morgan fingerprint density at radius 1 is 1.12 bits per heavy atom. The number of nitrogens with zero attached hydrogens (tertiary/aromatic N) is 4. The van der Waals surface area contributed by atoms with Crippen LogP contribution in [-0.4, -0.2) is 19.6 Å². The first-order valence-electron chi connectivity index (χ1n) is 8.05. The second-order valence-electron chi connectivity index (χ2n) is 5.91. The van der Waals surface area contributed by atoms with E-state index < -0.39 is 0 Å². The number of fused-ring (bicyclic) bond motifs is 1. The van der Waals surface area contributed by atoms with Gasteiger partial charge in [-0.05, 0) is 36.2 Å². The third kappa shape index (κ3) is 3.11. The highest BCUT2D eigenvalue weighted by Gasteiger charge is 2.19. The van der Waals surface area contributed by atoms with E-state index in [4.69, 9.17) is 11.6 Å². The molecule has 7 heteroatoms. The standard InChI is InChI=1S/C19H15ClFN5/c1-12-10-17(26-19(24-12)22-11-23-26)25-18(13-6-8-14(21)9-7-13)15-4-2-3-5-16(15)20/h2-11,18,25H,1H3. The van der Waals surface area contributed by atoms with E-state index >= 15 is 0 Å². The molecule has 2 aromatic heterocycles. The Bertz CT molecular complexity index is 1060. The van der Waals surface area contributed by atoms with Gasteiger partial charge in [-0.25, -0.2) is 9.37 Å². The highest BCUT2D eigenvalue weighted by molar-refractivity contribution is 6.31. The van der Waals surface area contributed by atoms with Gasteiger partial charge in [0, 0.05) is 16.8 Å². The molecule has 0 aliphatic carbocycles. The van der Waals surface area contributed by atoms with Crippen molar-refractivity contribution >= 4 is 23.2 Å². The van der Waals surface area contributed by atoms with E-state index in [9.17, 15) is 4.39 Å². The molecule has 0 saturated carbocycles. The first-order valence-corrected chi connectivity index (χ1v) is 8.43. The maximum atomic E-state index is 13.4. The van der Waals surface area contributed by atoms with Gasteiger partial charge in [0.1, 0.15) is 18.0 Å². The molecule has 0 bridgehead atoms. The van der Waals surface area contributed by atoms with E-state index in [0.717, 1.165) is 22.6 Å². The molecule has 5 nitrogen and oxygen atoms in total. The van der Waals surface area contributed by atoms with Crippen LogP contribution in [0.5, 0.6) is 0 Å². The number of aryl methyl sites for hydroxylation is 1. The van der Waals surface area contributed by atoms with Crippen LogP contribution in [0.15, 0.2) is 60.9 Å². The first kappa shape index (κ1) is 16.5. The summed E-state index contributed by atoms with van der Waals surface area (Å²) in [7, 11) is 0. The summed E-state index contributed by atoms with van der Waals surface area (Å²) in [5.74, 6) is 0.939. The number of hydrogen-bond donors (Lipinski definition) is 1. The van der Waals surface area contributed by atoms with Gasteiger partial charge in [0.2, 0.25) is 0 Å². The summed E-state index contributed by atoms with van der Waals surface area (Å²) in [6.45, 7) is 1.89. The van der Waals surface area contributed by atoms with E-state index in [1.54, 1.807) is 16.6 Å². The van der Waals surface area contributed by atoms with Gasteiger partial charge >= 0.3 is 0 Å². The van der Waals surface area contributed by atoms with Crippen molar-refractivity contribution in [3.05, 3.63) is 88.6 Å². The lowest BCUT2D eigenvalue weighted by atomic mass is 9.98. The van der Waals surface area contributed by atoms with Crippen molar-refractivity contribution in [3.8, 4) is 0 Å². The SMILES string of the molecule is Cc1cc(NC(c2ccc(F)cc2)c2ccccc2Cl)n2ncnc2n1. The van der Waals surface area contributed by atoms with E-state index in [0.29, 0.717) is 10.8 Å². The van der Waals surface area contributed by atoms with E-state index in [2.05, 4.69) is 20.4 Å². The molecule has 2 heterocycles. The molecule has 26 heavy (non-hydrogen) atoms. The molecule has 1 atom stereocenters. The molecular weight excluding hydrogens is 353 g/mol. The minimum atomic E-state index is -0.293. The molecule has 0 saturated heterocycles. The quantitative estimate of drug-likeness (QED) is 0.580. The average Bonchev–Trinajstić information content (AvgIpc) is 3.09. The Kier molecular flexibility index (Phi) is 4.26. The van der Waals surface area contributed by atoms with E-state index in [-0.39, 0.29) is 11.9 Å². The fourth-order valence-electron chi connectivity index (χ4n) is 2.89. The number of benzene rings is 2. The minimum absolute atomic E-state index is 0.287. The number of aromatic nitrogens is 4. The molecule has 2 aromatic carbocycles. The topological polar surface area (TPSA) is 55.1 Å². The van der Waals surface area contributed by atoms with Crippen molar-refractivity contribution in [3.63, 3.8) is 0 Å². The largest absolute Gasteiger partial charge is 0.359 e. The molecule has 130 valence electrons. The number of anilines is 1. The van der Waals surface area contributed by atoms with Gasteiger partial charge < -0.3 is 5.32 Å². The fraction of sp³-hybridized carbons (Fsp3) is 0.105. The first-order chi connectivity index (χ1) is 12.6. The van der Waals surface area contributed by atoms with Gasteiger partial charge in [-0.2, -0.15) is 14.6 Å². The lowest BCUT2D eigenvalue weighted by molar-refractivity contribution is 0.626. The second-order valence-corrected chi connectivity index (χ2v) is 6.31. The third-order valence-corrected chi connectivity index (χ3v) is 4.44. The zero-order valence-electron chi connectivity index (χ0n) is 13.9. The normalized spacial score (nSPS) is 12.3. The van der Waals surface area contributed by atoms with Gasteiger partial charge in [-0.3, -0.25) is 0 Å².